The van der Waals surface area contributed by atoms with Gasteiger partial charge in [-0.25, -0.2) is 9.38 Å². The van der Waals surface area contributed by atoms with E-state index in [1.807, 2.05) is 6.92 Å². The summed E-state index contributed by atoms with van der Waals surface area (Å²) >= 11 is 0. The quantitative estimate of drug-likeness (QED) is 0.259. The number of hydrogen-bond donors (Lipinski definition) is 5. The third kappa shape index (κ3) is 5.47. The second-order valence-corrected chi connectivity index (χ2v) is 6.60. The fourth-order valence-electron chi connectivity index (χ4n) is 2.76. The number of benzene rings is 2. The maximum Gasteiger partial charge on any atom is 0.273 e. The molecule has 0 fully saturated rings. The highest BCUT2D eigenvalue weighted by molar-refractivity contribution is 6.25. The molecule has 0 radical (unpaired) electrons. The molecule has 0 bridgehead atoms. The fraction of sp³-hybridized carbons (Fsp3) is 0.200. The predicted molar refractivity (Wildman–Crippen MR) is 114 cm³/mol. The highest BCUT2D eigenvalue weighted by Crippen LogP contribution is 2.28. The van der Waals surface area contributed by atoms with Crippen molar-refractivity contribution >= 4 is 28.8 Å². The Morgan fingerprint density at radius 1 is 1.32 bits per heavy atom. The highest BCUT2D eigenvalue weighted by atomic mass is 19.1. The number of nitro groups is 1. The summed E-state index contributed by atoms with van der Waals surface area (Å²) in [6.07, 6.45) is 1.58. The molecule has 1 amide bonds. The van der Waals surface area contributed by atoms with Gasteiger partial charge in [-0.05, 0) is 30.7 Å². The SMILES string of the molecule is CCCNC1=NC(Nc2cccc(F)c2)NC=C1C(=O)Nc1ccc([N+](=O)[O-])cc1O. The molecule has 10 nitrogen and oxygen atoms in total. The van der Waals surface area contributed by atoms with Crippen molar-refractivity contribution in [2.75, 3.05) is 17.2 Å². The molecule has 2 aromatic carbocycles. The molecule has 1 aliphatic heterocycles. The molecular formula is C20H21FN6O4. The molecule has 11 heteroatoms. The molecule has 0 saturated carbocycles. The van der Waals surface area contributed by atoms with E-state index in [1.165, 1.54) is 30.5 Å². The highest BCUT2D eigenvalue weighted by Gasteiger charge is 2.23. The number of carbonyl (C=O) groups is 1. The van der Waals surface area contributed by atoms with Crippen molar-refractivity contribution in [1.82, 2.24) is 10.6 Å². The second-order valence-electron chi connectivity index (χ2n) is 6.60. The molecule has 0 aliphatic carbocycles. The van der Waals surface area contributed by atoms with Crippen molar-refractivity contribution in [2.45, 2.75) is 19.6 Å². The van der Waals surface area contributed by atoms with Crippen LogP contribution in [0, 0.1) is 15.9 Å². The van der Waals surface area contributed by atoms with Crippen molar-refractivity contribution in [3.05, 3.63) is 70.2 Å². The van der Waals surface area contributed by atoms with Crippen LogP contribution in [0.4, 0.5) is 21.5 Å². The van der Waals surface area contributed by atoms with Crippen LogP contribution >= 0.6 is 0 Å². The average molecular weight is 428 g/mol. The molecule has 0 spiro atoms. The number of hydrogen-bond acceptors (Lipinski definition) is 8. The van der Waals surface area contributed by atoms with Gasteiger partial charge in [0, 0.05) is 24.5 Å². The van der Waals surface area contributed by atoms with Gasteiger partial charge in [0.25, 0.3) is 11.6 Å². The lowest BCUT2D eigenvalue weighted by molar-refractivity contribution is -0.384. The molecule has 162 valence electrons. The maximum absolute atomic E-state index is 13.4. The van der Waals surface area contributed by atoms with E-state index in [-0.39, 0.29) is 16.9 Å². The molecule has 31 heavy (non-hydrogen) atoms. The number of aromatic hydroxyl groups is 1. The van der Waals surface area contributed by atoms with E-state index in [9.17, 15) is 24.4 Å². The smallest absolute Gasteiger partial charge is 0.273 e. The van der Waals surface area contributed by atoms with E-state index in [0.717, 1.165) is 12.5 Å². The summed E-state index contributed by atoms with van der Waals surface area (Å²) in [4.78, 5) is 27.3. The summed E-state index contributed by atoms with van der Waals surface area (Å²) in [5.74, 6) is -1.11. The number of halogens is 1. The van der Waals surface area contributed by atoms with Gasteiger partial charge in [0.1, 0.15) is 17.4 Å². The number of amidine groups is 1. The first kappa shape index (κ1) is 21.6. The van der Waals surface area contributed by atoms with Crippen LogP contribution in [0.15, 0.2) is 59.2 Å². The predicted octanol–water partition coefficient (Wildman–Crippen LogP) is 2.66. The zero-order valence-corrected chi connectivity index (χ0v) is 16.6. The molecule has 0 aromatic heterocycles. The zero-order chi connectivity index (χ0) is 22.4. The average Bonchev–Trinajstić information content (AvgIpc) is 2.73. The summed E-state index contributed by atoms with van der Waals surface area (Å²) < 4.78 is 13.4. The van der Waals surface area contributed by atoms with E-state index in [4.69, 9.17) is 0 Å². The number of amides is 1. The summed E-state index contributed by atoms with van der Waals surface area (Å²) in [6.45, 7) is 2.51. The second kappa shape index (κ2) is 9.57. The molecule has 1 heterocycles. The van der Waals surface area contributed by atoms with Crippen molar-refractivity contribution in [3.63, 3.8) is 0 Å². The number of aliphatic imine (C=N–C) groups is 1. The van der Waals surface area contributed by atoms with Gasteiger partial charge in [0.15, 0.2) is 6.29 Å². The Morgan fingerprint density at radius 2 is 2.13 bits per heavy atom. The monoisotopic (exact) mass is 428 g/mol. The minimum Gasteiger partial charge on any atom is -0.506 e. The zero-order valence-electron chi connectivity index (χ0n) is 16.6. The van der Waals surface area contributed by atoms with Crippen LogP contribution < -0.4 is 21.3 Å². The third-order valence-corrected chi connectivity index (χ3v) is 4.25. The van der Waals surface area contributed by atoms with Gasteiger partial charge in [-0.3, -0.25) is 14.9 Å². The summed E-state index contributed by atoms with van der Waals surface area (Å²) in [7, 11) is 0. The Morgan fingerprint density at radius 3 is 2.81 bits per heavy atom. The normalized spacial score (nSPS) is 15.2. The molecule has 0 saturated heterocycles. The Kier molecular flexibility index (Phi) is 6.65. The number of carbonyl (C=O) groups excluding carboxylic acids is 1. The molecular weight excluding hydrogens is 407 g/mol. The number of nitro benzene ring substituents is 1. The third-order valence-electron chi connectivity index (χ3n) is 4.25. The summed E-state index contributed by atoms with van der Waals surface area (Å²) in [5.41, 5.74) is 0.398. The summed E-state index contributed by atoms with van der Waals surface area (Å²) in [5, 5.41) is 32.3. The molecule has 1 atom stereocenters. The van der Waals surface area contributed by atoms with E-state index < -0.39 is 28.7 Å². The van der Waals surface area contributed by atoms with Crippen molar-refractivity contribution in [1.29, 1.82) is 0 Å². The molecule has 2 aromatic rings. The number of nitrogens with zero attached hydrogens (tertiary/aromatic N) is 2. The number of nitrogens with one attached hydrogen (secondary N) is 4. The Bertz CT molecular complexity index is 1060. The van der Waals surface area contributed by atoms with Crippen LogP contribution in [0.25, 0.3) is 0 Å². The standard InChI is InChI=1S/C20H21FN6O4/c1-2-8-22-18-15(11-23-20(26-18)24-13-5-3-4-12(21)9-13)19(29)25-16-7-6-14(27(30)31)10-17(16)28/h3-7,9-11,20,23-24,28H,2,8H2,1H3,(H,22,26)(H,25,29). The first-order valence-corrected chi connectivity index (χ1v) is 9.46. The first-order valence-electron chi connectivity index (χ1n) is 9.46. The lowest BCUT2D eigenvalue weighted by Gasteiger charge is -2.24. The van der Waals surface area contributed by atoms with Crippen LogP contribution in [0.1, 0.15) is 13.3 Å². The first-order chi connectivity index (χ1) is 14.9. The summed E-state index contributed by atoms with van der Waals surface area (Å²) in [6, 6.07) is 9.26. The Balaban J connectivity index is 1.76. The van der Waals surface area contributed by atoms with Gasteiger partial charge < -0.3 is 26.4 Å². The molecule has 5 N–H and O–H groups in total. The Hall–Kier alpha value is -4.15. The van der Waals surface area contributed by atoms with Gasteiger partial charge in [-0.15, -0.1) is 0 Å². The molecule has 1 aliphatic rings. The number of non-ortho nitro benzene ring substituents is 1. The van der Waals surface area contributed by atoms with Gasteiger partial charge in [-0.2, -0.15) is 0 Å². The van der Waals surface area contributed by atoms with Crippen molar-refractivity contribution < 1.29 is 19.2 Å². The largest absolute Gasteiger partial charge is 0.506 e. The van der Waals surface area contributed by atoms with Crippen LogP contribution in [0.3, 0.4) is 0 Å². The number of phenols is 1. The lowest BCUT2D eigenvalue weighted by Crippen LogP contribution is -2.43. The van der Waals surface area contributed by atoms with E-state index in [1.54, 1.807) is 12.1 Å². The fourth-order valence-corrected chi connectivity index (χ4v) is 2.76. The minimum absolute atomic E-state index is 0.0198. The van der Waals surface area contributed by atoms with Gasteiger partial charge >= 0.3 is 0 Å². The van der Waals surface area contributed by atoms with E-state index >= 15 is 0 Å². The Labute approximate surface area is 177 Å². The van der Waals surface area contributed by atoms with Gasteiger partial charge in [0.05, 0.1) is 22.3 Å². The molecule has 3 rings (SSSR count). The van der Waals surface area contributed by atoms with Crippen molar-refractivity contribution in [3.8, 4) is 5.75 Å². The molecule has 1 unspecified atom stereocenters. The topological polar surface area (TPSA) is 141 Å². The van der Waals surface area contributed by atoms with E-state index in [2.05, 4.69) is 26.3 Å². The van der Waals surface area contributed by atoms with Gasteiger partial charge in [-0.1, -0.05) is 13.0 Å². The minimum atomic E-state index is -0.649. The van der Waals surface area contributed by atoms with Crippen LogP contribution in [0.2, 0.25) is 0 Å². The number of rotatable bonds is 7. The van der Waals surface area contributed by atoms with Crippen molar-refractivity contribution in [2.24, 2.45) is 4.99 Å². The maximum atomic E-state index is 13.4. The van der Waals surface area contributed by atoms with Crippen LogP contribution in [0.5, 0.6) is 5.75 Å². The van der Waals surface area contributed by atoms with E-state index in [0.29, 0.717) is 18.1 Å². The van der Waals surface area contributed by atoms with Crippen LogP contribution in [-0.4, -0.2) is 34.6 Å². The number of anilines is 2. The van der Waals surface area contributed by atoms with Crippen LogP contribution in [-0.2, 0) is 4.79 Å². The number of phenolic OH excluding ortho intramolecular Hbond substituents is 1. The van der Waals surface area contributed by atoms with Gasteiger partial charge in [0.2, 0.25) is 0 Å². The lowest BCUT2D eigenvalue weighted by atomic mass is 10.2.